The molecule has 0 saturated heterocycles. The molecule has 0 saturated carbocycles. The number of nitrogens with two attached hydrogens (primary N) is 1. The number of hydrogen-bond acceptors (Lipinski definition) is 3. The number of halogens is 1. The Morgan fingerprint density at radius 1 is 1.25 bits per heavy atom. The summed E-state index contributed by atoms with van der Waals surface area (Å²) >= 11 is 3.42. The summed E-state index contributed by atoms with van der Waals surface area (Å²) in [6, 6.07) is 11.6. The van der Waals surface area contributed by atoms with Gasteiger partial charge in [0, 0.05) is 15.9 Å². The van der Waals surface area contributed by atoms with Gasteiger partial charge < -0.3 is 11.1 Å². The summed E-state index contributed by atoms with van der Waals surface area (Å²) < 4.78 is 1.02. The van der Waals surface area contributed by atoms with E-state index in [0.717, 1.165) is 15.9 Å². The van der Waals surface area contributed by atoms with Gasteiger partial charge in [-0.25, -0.2) is 4.98 Å². The van der Waals surface area contributed by atoms with Crippen molar-refractivity contribution >= 4 is 33.1 Å². The lowest BCUT2D eigenvalue weighted by atomic mass is 10.3. The highest BCUT2D eigenvalue weighted by Crippen LogP contribution is 2.23. The Labute approximate surface area is 103 Å². The number of nitrogens with one attached hydrogen (secondary N) is 1. The summed E-state index contributed by atoms with van der Waals surface area (Å²) in [5.74, 6) is 0.693. The van der Waals surface area contributed by atoms with Gasteiger partial charge >= 0.3 is 0 Å². The number of pyridine rings is 1. The van der Waals surface area contributed by atoms with E-state index in [2.05, 4.69) is 26.2 Å². The van der Waals surface area contributed by atoms with E-state index in [1.807, 2.05) is 43.3 Å². The predicted molar refractivity (Wildman–Crippen MR) is 70.8 cm³/mol. The highest BCUT2D eigenvalue weighted by molar-refractivity contribution is 9.10. The second-order valence-electron chi connectivity index (χ2n) is 3.53. The van der Waals surface area contributed by atoms with Crippen molar-refractivity contribution in [2.45, 2.75) is 6.92 Å². The number of aryl methyl sites for hydroxylation is 1. The smallest absolute Gasteiger partial charge is 0.153 e. The lowest BCUT2D eigenvalue weighted by Crippen LogP contribution is -2.00. The van der Waals surface area contributed by atoms with Crippen LogP contribution in [0.2, 0.25) is 0 Å². The van der Waals surface area contributed by atoms with Crippen molar-refractivity contribution < 1.29 is 0 Å². The van der Waals surface area contributed by atoms with Crippen LogP contribution in [0.15, 0.2) is 40.9 Å². The first-order valence-corrected chi connectivity index (χ1v) is 5.70. The molecule has 0 bridgehead atoms. The van der Waals surface area contributed by atoms with E-state index in [1.165, 1.54) is 0 Å². The summed E-state index contributed by atoms with van der Waals surface area (Å²) in [5.41, 5.74) is 8.38. The van der Waals surface area contributed by atoms with Crippen molar-refractivity contribution in [1.29, 1.82) is 0 Å². The Morgan fingerprint density at radius 2 is 2.06 bits per heavy atom. The number of aromatic nitrogens is 1. The Bertz CT molecular complexity index is 511. The maximum Gasteiger partial charge on any atom is 0.153 e. The second-order valence-corrected chi connectivity index (χ2v) is 4.44. The molecule has 3 nitrogen and oxygen atoms in total. The Kier molecular flexibility index (Phi) is 3.10. The zero-order valence-corrected chi connectivity index (χ0v) is 10.5. The van der Waals surface area contributed by atoms with Gasteiger partial charge in [0.05, 0.1) is 5.69 Å². The standard InChI is InChI=1S/C12H12BrN3/c1-8-5-6-11(14)12(15-8)16-10-4-2-3-9(13)7-10/h2-7H,14H2,1H3,(H,15,16). The van der Waals surface area contributed by atoms with Crippen LogP contribution in [0.25, 0.3) is 0 Å². The van der Waals surface area contributed by atoms with E-state index >= 15 is 0 Å². The van der Waals surface area contributed by atoms with Crippen LogP contribution in [0.4, 0.5) is 17.2 Å². The maximum absolute atomic E-state index is 5.84. The van der Waals surface area contributed by atoms with Crippen LogP contribution in [0, 0.1) is 6.92 Å². The fourth-order valence-electron chi connectivity index (χ4n) is 1.37. The van der Waals surface area contributed by atoms with E-state index < -0.39 is 0 Å². The van der Waals surface area contributed by atoms with Crippen LogP contribution in [-0.4, -0.2) is 4.98 Å². The minimum atomic E-state index is 0.644. The fraction of sp³-hybridized carbons (Fsp3) is 0.0833. The summed E-state index contributed by atoms with van der Waals surface area (Å²) in [4.78, 5) is 4.35. The van der Waals surface area contributed by atoms with Gasteiger partial charge in [-0.15, -0.1) is 0 Å². The highest BCUT2D eigenvalue weighted by Gasteiger charge is 2.01. The molecule has 3 N–H and O–H groups in total. The zero-order valence-electron chi connectivity index (χ0n) is 8.87. The van der Waals surface area contributed by atoms with Crippen LogP contribution < -0.4 is 11.1 Å². The molecule has 4 heteroatoms. The molecular formula is C12H12BrN3. The van der Waals surface area contributed by atoms with Crippen LogP contribution in [0.5, 0.6) is 0 Å². The van der Waals surface area contributed by atoms with E-state index in [1.54, 1.807) is 0 Å². The van der Waals surface area contributed by atoms with Crippen molar-refractivity contribution in [2.24, 2.45) is 0 Å². The third kappa shape index (κ3) is 2.52. The highest BCUT2D eigenvalue weighted by atomic mass is 79.9. The zero-order chi connectivity index (χ0) is 11.5. The molecule has 1 aromatic carbocycles. The number of hydrogen-bond donors (Lipinski definition) is 2. The van der Waals surface area contributed by atoms with Gasteiger partial charge in [-0.05, 0) is 37.3 Å². The van der Waals surface area contributed by atoms with E-state index in [4.69, 9.17) is 5.73 Å². The quantitative estimate of drug-likeness (QED) is 0.884. The number of nitrogen functional groups attached to an aromatic ring is 1. The van der Waals surface area contributed by atoms with Gasteiger partial charge in [-0.3, -0.25) is 0 Å². The van der Waals surface area contributed by atoms with Crippen LogP contribution in [0.3, 0.4) is 0 Å². The molecule has 0 radical (unpaired) electrons. The monoisotopic (exact) mass is 277 g/mol. The predicted octanol–water partition coefficient (Wildman–Crippen LogP) is 3.48. The third-order valence-electron chi connectivity index (χ3n) is 2.15. The lowest BCUT2D eigenvalue weighted by Gasteiger charge is -2.09. The van der Waals surface area contributed by atoms with Gasteiger partial charge in [-0.1, -0.05) is 22.0 Å². The molecule has 0 aliphatic heterocycles. The number of nitrogens with zero attached hydrogens (tertiary/aromatic N) is 1. The largest absolute Gasteiger partial charge is 0.396 e. The molecule has 1 heterocycles. The van der Waals surface area contributed by atoms with Gasteiger partial charge in [0.1, 0.15) is 0 Å². The summed E-state index contributed by atoms with van der Waals surface area (Å²) in [6.07, 6.45) is 0. The summed E-state index contributed by atoms with van der Waals surface area (Å²) in [6.45, 7) is 1.94. The molecule has 0 atom stereocenters. The first-order valence-electron chi connectivity index (χ1n) is 4.91. The van der Waals surface area contributed by atoms with E-state index in [0.29, 0.717) is 11.5 Å². The van der Waals surface area contributed by atoms with Gasteiger partial charge in [0.25, 0.3) is 0 Å². The van der Waals surface area contributed by atoms with Crippen molar-refractivity contribution in [1.82, 2.24) is 4.98 Å². The van der Waals surface area contributed by atoms with Crippen LogP contribution >= 0.6 is 15.9 Å². The number of benzene rings is 1. The minimum Gasteiger partial charge on any atom is -0.396 e. The fourth-order valence-corrected chi connectivity index (χ4v) is 1.77. The molecule has 2 aromatic rings. The first kappa shape index (κ1) is 11.0. The molecule has 82 valence electrons. The average Bonchev–Trinajstić information content (AvgIpc) is 2.24. The molecule has 0 unspecified atom stereocenters. The second kappa shape index (κ2) is 4.53. The number of rotatable bonds is 2. The normalized spacial score (nSPS) is 10.1. The molecule has 0 amide bonds. The van der Waals surface area contributed by atoms with Crippen LogP contribution in [0.1, 0.15) is 5.69 Å². The topological polar surface area (TPSA) is 50.9 Å². The van der Waals surface area contributed by atoms with Gasteiger partial charge in [0.2, 0.25) is 0 Å². The van der Waals surface area contributed by atoms with Crippen molar-refractivity contribution in [3.8, 4) is 0 Å². The SMILES string of the molecule is Cc1ccc(N)c(Nc2cccc(Br)c2)n1. The van der Waals surface area contributed by atoms with Crippen molar-refractivity contribution in [2.75, 3.05) is 11.1 Å². The lowest BCUT2D eigenvalue weighted by molar-refractivity contribution is 1.20. The molecule has 2 rings (SSSR count). The van der Waals surface area contributed by atoms with Gasteiger partial charge in [-0.2, -0.15) is 0 Å². The van der Waals surface area contributed by atoms with E-state index in [9.17, 15) is 0 Å². The summed E-state index contributed by atoms with van der Waals surface area (Å²) in [5, 5.41) is 3.19. The molecular weight excluding hydrogens is 266 g/mol. The summed E-state index contributed by atoms with van der Waals surface area (Å²) in [7, 11) is 0. The Morgan fingerprint density at radius 3 is 2.81 bits per heavy atom. The Hall–Kier alpha value is -1.55. The number of anilines is 3. The van der Waals surface area contributed by atoms with Crippen molar-refractivity contribution in [3.63, 3.8) is 0 Å². The third-order valence-corrected chi connectivity index (χ3v) is 2.65. The van der Waals surface area contributed by atoms with Crippen LogP contribution in [-0.2, 0) is 0 Å². The maximum atomic E-state index is 5.84. The average molecular weight is 278 g/mol. The molecule has 0 aliphatic rings. The Balaban J connectivity index is 2.30. The molecule has 1 aromatic heterocycles. The van der Waals surface area contributed by atoms with Crippen molar-refractivity contribution in [3.05, 3.63) is 46.6 Å². The molecule has 0 fully saturated rings. The molecule has 0 spiro atoms. The molecule has 0 aliphatic carbocycles. The van der Waals surface area contributed by atoms with E-state index in [-0.39, 0.29) is 0 Å². The first-order chi connectivity index (χ1) is 7.65. The van der Waals surface area contributed by atoms with Gasteiger partial charge in [0.15, 0.2) is 5.82 Å². The minimum absolute atomic E-state index is 0.644. The molecule has 16 heavy (non-hydrogen) atoms.